The van der Waals surface area contributed by atoms with Gasteiger partial charge in [0.25, 0.3) is 0 Å². The van der Waals surface area contributed by atoms with Crippen molar-refractivity contribution in [1.82, 2.24) is 4.98 Å². The van der Waals surface area contributed by atoms with Crippen molar-refractivity contribution in [3.8, 4) is 6.07 Å². The van der Waals surface area contributed by atoms with Crippen LogP contribution < -0.4 is 5.32 Å². The molecule has 0 spiro atoms. The first-order valence-corrected chi connectivity index (χ1v) is 4.00. The third-order valence-electron chi connectivity index (χ3n) is 1.59. The third-order valence-corrected chi connectivity index (χ3v) is 1.59. The number of nitrogens with zero attached hydrogens (tertiary/aromatic N) is 2. The van der Waals surface area contributed by atoms with Gasteiger partial charge in [-0.25, -0.2) is 4.98 Å². The molecule has 68 valence electrons. The Bertz CT molecular complexity index is 319. The zero-order chi connectivity index (χ0) is 9.68. The van der Waals surface area contributed by atoms with Crippen molar-refractivity contribution in [1.29, 1.82) is 5.26 Å². The highest BCUT2D eigenvalue weighted by Gasteiger charge is 2.04. The normalized spacial score (nSPS) is 11.8. The number of aliphatic hydroxyl groups is 1. The number of aliphatic hydroxyl groups excluding tert-OH is 1. The largest absolute Gasteiger partial charge is 0.394 e. The summed E-state index contributed by atoms with van der Waals surface area (Å²) in [4.78, 5) is 3.99. The molecule has 0 aliphatic carbocycles. The van der Waals surface area contributed by atoms with E-state index in [1.54, 1.807) is 18.3 Å². The van der Waals surface area contributed by atoms with Gasteiger partial charge < -0.3 is 10.4 Å². The molecule has 0 radical (unpaired) electrons. The molecule has 4 nitrogen and oxygen atoms in total. The van der Waals surface area contributed by atoms with Crippen molar-refractivity contribution in [3.05, 3.63) is 23.9 Å². The average Bonchev–Trinajstić information content (AvgIpc) is 2.18. The number of hydrogen-bond acceptors (Lipinski definition) is 4. The summed E-state index contributed by atoms with van der Waals surface area (Å²) in [5.41, 5.74) is 0.489. The lowest BCUT2D eigenvalue weighted by Crippen LogP contribution is -2.20. The molecular weight excluding hydrogens is 166 g/mol. The maximum atomic E-state index is 8.79. The summed E-state index contributed by atoms with van der Waals surface area (Å²) >= 11 is 0. The van der Waals surface area contributed by atoms with Gasteiger partial charge in [0, 0.05) is 12.2 Å². The minimum absolute atomic E-state index is 0.0153. The Hall–Kier alpha value is -1.60. The molecule has 1 atom stereocenters. The van der Waals surface area contributed by atoms with Gasteiger partial charge in [-0.2, -0.15) is 5.26 Å². The Morgan fingerprint density at radius 1 is 1.77 bits per heavy atom. The highest BCUT2D eigenvalue weighted by molar-refractivity contribution is 5.51. The maximum absolute atomic E-state index is 8.79. The zero-order valence-electron chi connectivity index (χ0n) is 7.36. The van der Waals surface area contributed by atoms with E-state index in [0.717, 1.165) is 0 Å². The van der Waals surface area contributed by atoms with E-state index in [-0.39, 0.29) is 12.6 Å². The van der Waals surface area contributed by atoms with Crippen LogP contribution in [0, 0.1) is 11.3 Å². The Morgan fingerprint density at radius 3 is 3.15 bits per heavy atom. The number of hydrogen-bond donors (Lipinski definition) is 2. The number of aromatic nitrogens is 1. The van der Waals surface area contributed by atoms with E-state index in [9.17, 15) is 0 Å². The number of pyridine rings is 1. The SMILES string of the molecule is C[C@H](CO)Nc1ncccc1C#N. The Kier molecular flexibility index (Phi) is 3.23. The van der Waals surface area contributed by atoms with Crippen LogP contribution in [0.2, 0.25) is 0 Å². The lowest BCUT2D eigenvalue weighted by molar-refractivity contribution is 0.281. The predicted molar refractivity (Wildman–Crippen MR) is 49.1 cm³/mol. The number of anilines is 1. The minimum atomic E-state index is -0.0954. The molecule has 0 aliphatic heterocycles. The standard InChI is InChI=1S/C9H11N3O/c1-7(6-13)12-9-8(5-10)3-2-4-11-9/h2-4,7,13H,6H2,1H3,(H,11,12)/t7-/m1/s1. The minimum Gasteiger partial charge on any atom is -0.394 e. The lowest BCUT2D eigenvalue weighted by Gasteiger charge is -2.11. The first-order valence-electron chi connectivity index (χ1n) is 4.00. The van der Waals surface area contributed by atoms with Gasteiger partial charge >= 0.3 is 0 Å². The fraction of sp³-hybridized carbons (Fsp3) is 0.333. The van der Waals surface area contributed by atoms with E-state index in [1.165, 1.54) is 0 Å². The van der Waals surface area contributed by atoms with Gasteiger partial charge in [-0.05, 0) is 19.1 Å². The molecule has 0 saturated heterocycles. The van der Waals surface area contributed by atoms with Gasteiger partial charge in [0.1, 0.15) is 11.9 Å². The van der Waals surface area contributed by atoms with Crippen molar-refractivity contribution in [2.45, 2.75) is 13.0 Å². The van der Waals surface area contributed by atoms with Crippen LogP contribution in [0.5, 0.6) is 0 Å². The molecule has 0 saturated carbocycles. The second-order valence-electron chi connectivity index (χ2n) is 2.74. The van der Waals surface area contributed by atoms with Crippen molar-refractivity contribution in [2.75, 3.05) is 11.9 Å². The second kappa shape index (κ2) is 4.43. The summed E-state index contributed by atoms with van der Waals surface area (Å²) in [6.07, 6.45) is 1.60. The predicted octanol–water partition coefficient (Wildman–Crippen LogP) is 0.746. The topological polar surface area (TPSA) is 68.9 Å². The highest BCUT2D eigenvalue weighted by Crippen LogP contribution is 2.10. The number of nitrogens with one attached hydrogen (secondary N) is 1. The molecule has 1 rings (SSSR count). The summed E-state index contributed by atoms with van der Waals surface area (Å²) < 4.78 is 0. The highest BCUT2D eigenvalue weighted by atomic mass is 16.3. The van der Waals surface area contributed by atoms with Crippen molar-refractivity contribution < 1.29 is 5.11 Å². The molecule has 0 unspecified atom stereocenters. The van der Waals surface area contributed by atoms with E-state index in [4.69, 9.17) is 10.4 Å². The van der Waals surface area contributed by atoms with Crippen LogP contribution >= 0.6 is 0 Å². The van der Waals surface area contributed by atoms with Crippen LogP contribution in [0.25, 0.3) is 0 Å². The molecule has 1 aromatic rings. The Balaban J connectivity index is 2.82. The van der Waals surface area contributed by atoms with E-state index < -0.39 is 0 Å². The van der Waals surface area contributed by atoms with Gasteiger partial charge in [0.05, 0.1) is 12.2 Å². The van der Waals surface area contributed by atoms with Crippen LogP contribution in [0.4, 0.5) is 5.82 Å². The van der Waals surface area contributed by atoms with Crippen molar-refractivity contribution in [2.24, 2.45) is 0 Å². The van der Waals surface area contributed by atoms with E-state index in [2.05, 4.69) is 10.3 Å². The van der Waals surface area contributed by atoms with Crippen molar-refractivity contribution in [3.63, 3.8) is 0 Å². The van der Waals surface area contributed by atoms with Gasteiger partial charge in [-0.15, -0.1) is 0 Å². The molecule has 0 fully saturated rings. The lowest BCUT2D eigenvalue weighted by atomic mass is 10.2. The zero-order valence-corrected chi connectivity index (χ0v) is 7.36. The summed E-state index contributed by atoms with van der Waals surface area (Å²) in [5, 5.41) is 20.4. The van der Waals surface area contributed by atoms with Gasteiger partial charge in [-0.1, -0.05) is 0 Å². The van der Waals surface area contributed by atoms with Gasteiger partial charge in [-0.3, -0.25) is 0 Å². The van der Waals surface area contributed by atoms with E-state index in [0.29, 0.717) is 11.4 Å². The molecular formula is C9H11N3O. The first kappa shape index (κ1) is 9.49. The summed E-state index contributed by atoms with van der Waals surface area (Å²) in [6, 6.07) is 5.30. The molecule has 1 aromatic heterocycles. The Morgan fingerprint density at radius 2 is 2.54 bits per heavy atom. The summed E-state index contributed by atoms with van der Waals surface area (Å²) in [7, 11) is 0. The van der Waals surface area contributed by atoms with Crippen LogP contribution in [0.1, 0.15) is 12.5 Å². The maximum Gasteiger partial charge on any atom is 0.144 e. The smallest absolute Gasteiger partial charge is 0.144 e. The van der Waals surface area contributed by atoms with Crippen LogP contribution in [0.3, 0.4) is 0 Å². The molecule has 1 heterocycles. The van der Waals surface area contributed by atoms with E-state index >= 15 is 0 Å². The third kappa shape index (κ3) is 2.42. The van der Waals surface area contributed by atoms with E-state index in [1.807, 2.05) is 13.0 Å². The van der Waals surface area contributed by atoms with Gasteiger partial charge in [0.15, 0.2) is 0 Å². The molecule has 13 heavy (non-hydrogen) atoms. The Labute approximate surface area is 76.8 Å². The second-order valence-corrected chi connectivity index (χ2v) is 2.74. The molecule has 0 aromatic carbocycles. The summed E-state index contributed by atoms with van der Waals surface area (Å²) in [6.45, 7) is 1.83. The fourth-order valence-electron chi connectivity index (χ4n) is 0.890. The van der Waals surface area contributed by atoms with Crippen LogP contribution in [-0.4, -0.2) is 22.7 Å². The number of rotatable bonds is 3. The molecule has 2 N–H and O–H groups in total. The summed E-state index contributed by atoms with van der Waals surface area (Å²) in [5.74, 6) is 0.520. The molecule has 0 amide bonds. The monoisotopic (exact) mass is 177 g/mol. The van der Waals surface area contributed by atoms with Crippen LogP contribution in [0.15, 0.2) is 18.3 Å². The van der Waals surface area contributed by atoms with Crippen LogP contribution in [-0.2, 0) is 0 Å². The quantitative estimate of drug-likeness (QED) is 0.714. The number of nitriles is 1. The molecule has 0 aliphatic rings. The first-order chi connectivity index (χ1) is 6.27. The average molecular weight is 177 g/mol. The van der Waals surface area contributed by atoms with Gasteiger partial charge in [0.2, 0.25) is 0 Å². The van der Waals surface area contributed by atoms with Crippen molar-refractivity contribution >= 4 is 5.82 Å². The molecule has 4 heteroatoms. The fourth-order valence-corrected chi connectivity index (χ4v) is 0.890. The molecule has 0 bridgehead atoms.